The molecular weight excluding hydrogens is 338 g/mol. The number of hydrogen-bond donors (Lipinski definition) is 0. The van der Waals surface area contributed by atoms with Crippen LogP contribution in [0.1, 0.15) is 10.4 Å². The number of para-hydroxylation sites is 1. The highest BCUT2D eigenvalue weighted by atomic mass is 35.5. The molecule has 0 unspecified atom stereocenters. The Labute approximate surface area is 140 Å². The molecule has 2 aromatic carbocycles. The lowest BCUT2D eigenvalue weighted by atomic mass is 10.1. The number of anilines is 1. The molecule has 0 atom stereocenters. The minimum atomic E-state index is -3.33. The second-order valence-electron chi connectivity index (χ2n) is 4.92. The summed E-state index contributed by atoms with van der Waals surface area (Å²) in [6.07, 6.45) is 1.11. The summed E-state index contributed by atoms with van der Waals surface area (Å²) >= 11 is 5.95. The molecule has 2 rings (SSSR count). The predicted octanol–water partition coefficient (Wildman–Crippen LogP) is 3.00. The van der Waals surface area contributed by atoms with E-state index in [0.717, 1.165) is 10.6 Å². The van der Waals surface area contributed by atoms with Crippen LogP contribution in [0.4, 0.5) is 5.69 Å². The number of Topliss-reactive ketones (excluding diaryl/α,β-unsaturated/α-hetero) is 1. The van der Waals surface area contributed by atoms with E-state index in [4.69, 9.17) is 16.3 Å². The highest BCUT2D eigenvalue weighted by molar-refractivity contribution is 7.92. The van der Waals surface area contributed by atoms with Crippen LogP contribution in [0.3, 0.4) is 0 Å². The van der Waals surface area contributed by atoms with Crippen molar-refractivity contribution in [3.63, 3.8) is 0 Å². The summed E-state index contributed by atoms with van der Waals surface area (Å²) < 4.78 is 29.5. The molecule has 0 radical (unpaired) electrons. The molecular formula is C16H16ClNO4S. The van der Waals surface area contributed by atoms with Gasteiger partial charge in [0.2, 0.25) is 10.0 Å². The summed E-state index contributed by atoms with van der Waals surface area (Å²) in [6, 6.07) is 13.2. The number of carbonyl (C=O) groups excluding carboxylic acids is 1. The second kappa shape index (κ2) is 7.02. The first kappa shape index (κ1) is 17.3. The van der Waals surface area contributed by atoms with Gasteiger partial charge >= 0.3 is 0 Å². The van der Waals surface area contributed by atoms with Crippen molar-refractivity contribution < 1.29 is 17.9 Å². The van der Waals surface area contributed by atoms with E-state index in [1.54, 1.807) is 48.5 Å². The predicted molar refractivity (Wildman–Crippen MR) is 91.0 cm³/mol. The van der Waals surface area contributed by atoms with Crippen LogP contribution in [-0.2, 0) is 10.0 Å². The highest BCUT2D eigenvalue weighted by Crippen LogP contribution is 2.23. The topological polar surface area (TPSA) is 63.7 Å². The SMILES string of the molecule is CN(c1ccc(C(=O)COc2ccccc2Cl)cc1)S(C)(=O)=O. The molecule has 0 amide bonds. The third-order valence-corrected chi connectivity index (χ3v) is 4.76. The van der Waals surface area contributed by atoms with E-state index in [1.165, 1.54) is 7.05 Å². The number of rotatable bonds is 6. The van der Waals surface area contributed by atoms with Crippen LogP contribution >= 0.6 is 11.6 Å². The Morgan fingerprint density at radius 1 is 1.13 bits per heavy atom. The van der Waals surface area contributed by atoms with E-state index in [1.807, 2.05) is 0 Å². The molecule has 0 saturated carbocycles. The summed E-state index contributed by atoms with van der Waals surface area (Å²) in [7, 11) is -1.88. The molecule has 0 heterocycles. The van der Waals surface area contributed by atoms with E-state index in [0.29, 0.717) is 22.0 Å². The molecule has 0 aliphatic carbocycles. The maximum Gasteiger partial charge on any atom is 0.231 e. The average Bonchev–Trinajstić information content (AvgIpc) is 2.52. The molecule has 0 aliphatic heterocycles. The van der Waals surface area contributed by atoms with Gasteiger partial charge in [-0.2, -0.15) is 0 Å². The van der Waals surface area contributed by atoms with Gasteiger partial charge in [0.25, 0.3) is 0 Å². The summed E-state index contributed by atoms with van der Waals surface area (Å²) in [4.78, 5) is 12.1. The standard InChI is InChI=1S/C16H16ClNO4S/c1-18(23(2,20)21)13-9-7-12(8-10-13)15(19)11-22-16-6-4-3-5-14(16)17/h3-10H,11H2,1-2H3. The van der Waals surface area contributed by atoms with Crippen molar-refractivity contribution in [1.29, 1.82) is 0 Å². The number of ether oxygens (including phenoxy) is 1. The van der Waals surface area contributed by atoms with Gasteiger partial charge in [-0.05, 0) is 36.4 Å². The molecule has 0 saturated heterocycles. The Bertz CT molecular complexity index is 803. The van der Waals surface area contributed by atoms with E-state index >= 15 is 0 Å². The largest absolute Gasteiger partial charge is 0.484 e. The second-order valence-corrected chi connectivity index (χ2v) is 7.34. The van der Waals surface area contributed by atoms with Crippen LogP contribution < -0.4 is 9.04 Å². The molecule has 0 fully saturated rings. The van der Waals surface area contributed by atoms with Gasteiger partial charge in [0.15, 0.2) is 12.4 Å². The summed E-state index contributed by atoms with van der Waals surface area (Å²) in [5, 5.41) is 0.436. The summed E-state index contributed by atoms with van der Waals surface area (Å²) in [6.45, 7) is -0.148. The molecule has 2 aromatic rings. The Morgan fingerprint density at radius 3 is 2.30 bits per heavy atom. The fraction of sp³-hybridized carbons (Fsp3) is 0.188. The number of benzene rings is 2. The Kier molecular flexibility index (Phi) is 5.28. The van der Waals surface area contributed by atoms with Crippen molar-refractivity contribution in [3.8, 4) is 5.75 Å². The molecule has 0 N–H and O–H groups in total. The molecule has 23 heavy (non-hydrogen) atoms. The molecule has 0 aliphatic rings. The van der Waals surface area contributed by atoms with Crippen molar-refractivity contribution in [2.75, 3.05) is 24.2 Å². The third-order valence-electron chi connectivity index (χ3n) is 3.25. The zero-order valence-electron chi connectivity index (χ0n) is 12.7. The number of hydrogen-bond acceptors (Lipinski definition) is 4. The van der Waals surface area contributed by atoms with Crippen LogP contribution in [0.5, 0.6) is 5.75 Å². The minimum absolute atomic E-state index is 0.148. The van der Waals surface area contributed by atoms with Crippen LogP contribution in [0.15, 0.2) is 48.5 Å². The monoisotopic (exact) mass is 353 g/mol. The molecule has 0 aromatic heterocycles. The number of carbonyl (C=O) groups is 1. The Hall–Kier alpha value is -2.05. The van der Waals surface area contributed by atoms with E-state index in [2.05, 4.69) is 0 Å². The number of halogens is 1. The third kappa shape index (κ3) is 4.46. The Balaban J connectivity index is 2.05. The first-order valence-electron chi connectivity index (χ1n) is 6.73. The maximum atomic E-state index is 12.1. The quantitative estimate of drug-likeness (QED) is 0.749. The van der Waals surface area contributed by atoms with Crippen LogP contribution in [-0.4, -0.2) is 34.1 Å². The number of sulfonamides is 1. The van der Waals surface area contributed by atoms with E-state index < -0.39 is 10.0 Å². The number of ketones is 1. The van der Waals surface area contributed by atoms with Crippen molar-refractivity contribution in [2.24, 2.45) is 0 Å². The van der Waals surface area contributed by atoms with Gasteiger partial charge in [-0.25, -0.2) is 8.42 Å². The maximum absolute atomic E-state index is 12.1. The fourth-order valence-corrected chi connectivity index (χ4v) is 2.53. The van der Waals surface area contributed by atoms with Gasteiger partial charge in [0, 0.05) is 12.6 Å². The van der Waals surface area contributed by atoms with Gasteiger partial charge in [0.1, 0.15) is 5.75 Å². The lowest BCUT2D eigenvalue weighted by molar-refractivity contribution is 0.0921. The molecule has 122 valence electrons. The lowest BCUT2D eigenvalue weighted by Crippen LogP contribution is -2.24. The zero-order valence-corrected chi connectivity index (χ0v) is 14.3. The smallest absolute Gasteiger partial charge is 0.231 e. The van der Waals surface area contributed by atoms with Gasteiger partial charge in [-0.3, -0.25) is 9.10 Å². The Morgan fingerprint density at radius 2 is 1.74 bits per heavy atom. The van der Waals surface area contributed by atoms with Gasteiger partial charge in [-0.1, -0.05) is 23.7 Å². The zero-order chi connectivity index (χ0) is 17.0. The minimum Gasteiger partial charge on any atom is -0.484 e. The van der Waals surface area contributed by atoms with Gasteiger partial charge in [0.05, 0.1) is 17.0 Å². The van der Waals surface area contributed by atoms with Gasteiger partial charge in [-0.15, -0.1) is 0 Å². The van der Waals surface area contributed by atoms with Crippen LogP contribution in [0, 0.1) is 0 Å². The number of nitrogens with zero attached hydrogens (tertiary/aromatic N) is 1. The fourth-order valence-electron chi connectivity index (χ4n) is 1.84. The van der Waals surface area contributed by atoms with Crippen molar-refractivity contribution >= 4 is 33.1 Å². The summed E-state index contributed by atoms with van der Waals surface area (Å²) in [5.74, 6) is 0.217. The van der Waals surface area contributed by atoms with Crippen molar-refractivity contribution in [2.45, 2.75) is 0 Å². The lowest BCUT2D eigenvalue weighted by Gasteiger charge is -2.16. The van der Waals surface area contributed by atoms with Crippen LogP contribution in [0.25, 0.3) is 0 Å². The normalized spacial score (nSPS) is 11.1. The molecule has 5 nitrogen and oxygen atoms in total. The van der Waals surface area contributed by atoms with Crippen LogP contribution in [0.2, 0.25) is 5.02 Å². The average molecular weight is 354 g/mol. The first-order valence-corrected chi connectivity index (χ1v) is 8.96. The van der Waals surface area contributed by atoms with E-state index in [-0.39, 0.29) is 12.4 Å². The first-order chi connectivity index (χ1) is 10.8. The van der Waals surface area contributed by atoms with Gasteiger partial charge < -0.3 is 4.74 Å². The van der Waals surface area contributed by atoms with Crippen molar-refractivity contribution in [1.82, 2.24) is 0 Å². The van der Waals surface area contributed by atoms with Crippen molar-refractivity contribution in [3.05, 3.63) is 59.1 Å². The molecule has 0 spiro atoms. The summed E-state index contributed by atoms with van der Waals surface area (Å²) in [5.41, 5.74) is 0.916. The molecule has 0 bridgehead atoms. The highest BCUT2D eigenvalue weighted by Gasteiger charge is 2.13. The van der Waals surface area contributed by atoms with E-state index in [9.17, 15) is 13.2 Å². The molecule has 7 heteroatoms.